The number of hydrogen-bond acceptors (Lipinski definition) is 2. The van der Waals surface area contributed by atoms with Gasteiger partial charge in [0.1, 0.15) is 0 Å². The summed E-state index contributed by atoms with van der Waals surface area (Å²) in [7, 11) is 0. The highest BCUT2D eigenvalue weighted by molar-refractivity contribution is 9.11. The molecule has 0 aromatic heterocycles. The van der Waals surface area contributed by atoms with Gasteiger partial charge in [-0.3, -0.25) is 9.59 Å². The van der Waals surface area contributed by atoms with E-state index in [1.807, 2.05) is 19.1 Å². The third-order valence-corrected chi connectivity index (χ3v) is 5.13. The van der Waals surface area contributed by atoms with E-state index in [1.54, 1.807) is 0 Å². The summed E-state index contributed by atoms with van der Waals surface area (Å²) in [6.07, 6.45) is 2.40. The first-order valence-corrected chi connectivity index (χ1v) is 8.46. The van der Waals surface area contributed by atoms with Gasteiger partial charge in [0.15, 0.2) is 0 Å². The Labute approximate surface area is 140 Å². The lowest BCUT2D eigenvalue weighted by Gasteiger charge is -2.25. The van der Waals surface area contributed by atoms with Crippen LogP contribution in [0, 0.1) is 18.8 Å². The van der Waals surface area contributed by atoms with Crippen molar-refractivity contribution in [3.8, 4) is 0 Å². The first kappa shape index (κ1) is 16.5. The maximum absolute atomic E-state index is 12.3. The average Bonchev–Trinajstić information content (AvgIpc) is 2.42. The molecule has 0 aliphatic heterocycles. The minimum absolute atomic E-state index is 0.0379. The second kappa shape index (κ2) is 6.92. The smallest absolute Gasteiger partial charge is 0.306 e. The Balaban J connectivity index is 2.01. The number of hydrogen-bond donors (Lipinski definition) is 2. The molecule has 1 fully saturated rings. The van der Waals surface area contributed by atoms with Gasteiger partial charge in [-0.15, -0.1) is 0 Å². The molecule has 0 heterocycles. The summed E-state index contributed by atoms with van der Waals surface area (Å²) >= 11 is 6.91. The standard InChI is InChI=1S/C15H17Br2NO3/c1-8-6-11(16)13(12(17)7-8)18-14(19)9-2-4-10(5-3-9)15(20)21/h6-7,9-10H,2-5H2,1H3,(H,18,19)(H,20,21). The number of nitrogens with one attached hydrogen (secondary N) is 1. The summed E-state index contributed by atoms with van der Waals surface area (Å²) in [5, 5.41) is 11.9. The number of aryl methyl sites for hydroxylation is 1. The van der Waals surface area contributed by atoms with Crippen LogP contribution in [-0.4, -0.2) is 17.0 Å². The van der Waals surface area contributed by atoms with Gasteiger partial charge in [-0.05, 0) is 82.2 Å². The normalized spacial score (nSPS) is 21.9. The lowest BCUT2D eigenvalue weighted by atomic mass is 9.81. The van der Waals surface area contributed by atoms with E-state index in [2.05, 4.69) is 37.2 Å². The Morgan fingerprint density at radius 3 is 2.05 bits per heavy atom. The largest absolute Gasteiger partial charge is 0.481 e. The van der Waals surface area contributed by atoms with Gasteiger partial charge in [0, 0.05) is 14.9 Å². The molecule has 0 spiro atoms. The van der Waals surface area contributed by atoms with Crippen LogP contribution in [0.15, 0.2) is 21.1 Å². The molecular weight excluding hydrogens is 402 g/mol. The van der Waals surface area contributed by atoms with E-state index in [0.29, 0.717) is 25.7 Å². The van der Waals surface area contributed by atoms with Crippen molar-refractivity contribution in [3.05, 3.63) is 26.6 Å². The fourth-order valence-corrected chi connectivity index (χ4v) is 4.26. The van der Waals surface area contributed by atoms with E-state index < -0.39 is 5.97 Å². The van der Waals surface area contributed by atoms with Gasteiger partial charge in [-0.25, -0.2) is 0 Å². The van der Waals surface area contributed by atoms with Crippen LogP contribution in [0.2, 0.25) is 0 Å². The molecule has 1 aliphatic carbocycles. The zero-order valence-electron chi connectivity index (χ0n) is 11.7. The first-order chi connectivity index (χ1) is 9.88. The van der Waals surface area contributed by atoms with Gasteiger partial charge < -0.3 is 10.4 Å². The molecule has 1 aliphatic rings. The summed E-state index contributed by atoms with van der Waals surface area (Å²) in [6, 6.07) is 3.89. The van der Waals surface area contributed by atoms with E-state index in [1.165, 1.54) is 0 Å². The third-order valence-electron chi connectivity index (χ3n) is 3.88. The summed E-state index contributed by atoms with van der Waals surface area (Å²) in [5.74, 6) is -1.20. The lowest BCUT2D eigenvalue weighted by molar-refractivity contribution is -0.143. The molecule has 1 amide bonds. The fourth-order valence-electron chi connectivity index (χ4n) is 2.65. The van der Waals surface area contributed by atoms with Crippen molar-refractivity contribution in [2.24, 2.45) is 11.8 Å². The van der Waals surface area contributed by atoms with Crippen LogP contribution in [0.3, 0.4) is 0 Å². The molecule has 4 nitrogen and oxygen atoms in total. The lowest BCUT2D eigenvalue weighted by Crippen LogP contribution is -2.29. The third kappa shape index (κ3) is 4.07. The van der Waals surface area contributed by atoms with Gasteiger partial charge in [-0.2, -0.15) is 0 Å². The van der Waals surface area contributed by atoms with Crippen molar-refractivity contribution in [2.45, 2.75) is 32.6 Å². The number of carboxylic acid groups (broad SMARTS) is 1. The van der Waals surface area contributed by atoms with Crippen molar-refractivity contribution < 1.29 is 14.7 Å². The minimum atomic E-state index is -0.752. The van der Waals surface area contributed by atoms with E-state index in [-0.39, 0.29) is 17.7 Å². The maximum Gasteiger partial charge on any atom is 0.306 e. The molecule has 1 saturated carbocycles. The van der Waals surface area contributed by atoms with Crippen molar-refractivity contribution >= 4 is 49.4 Å². The van der Waals surface area contributed by atoms with Crippen molar-refractivity contribution in [3.63, 3.8) is 0 Å². The minimum Gasteiger partial charge on any atom is -0.481 e. The van der Waals surface area contributed by atoms with Crippen LogP contribution in [0.25, 0.3) is 0 Å². The highest BCUT2D eigenvalue weighted by Crippen LogP contribution is 2.34. The molecule has 21 heavy (non-hydrogen) atoms. The monoisotopic (exact) mass is 417 g/mol. The van der Waals surface area contributed by atoms with Crippen LogP contribution >= 0.6 is 31.9 Å². The first-order valence-electron chi connectivity index (χ1n) is 6.87. The average molecular weight is 419 g/mol. The number of carbonyl (C=O) groups is 2. The molecule has 2 rings (SSSR count). The Kier molecular flexibility index (Phi) is 5.43. The molecule has 6 heteroatoms. The molecule has 1 aromatic rings. The number of carboxylic acids is 1. The highest BCUT2D eigenvalue weighted by atomic mass is 79.9. The fraction of sp³-hybridized carbons (Fsp3) is 0.467. The number of halogens is 2. The Hall–Kier alpha value is -0.880. The molecular formula is C15H17Br2NO3. The molecule has 0 unspecified atom stereocenters. The van der Waals surface area contributed by atoms with Gasteiger partial charge in [0.2, 0.25) is 5.91 Å². The van der Waals surface area contributed by atoms with E-state index >= 15 is 0 Å². The number of aliphatic carboxylic acids is 1. The summed E-state index contributed by atoms with van der Waals surface area (Å²) in [5.41, 5.74) is 1.82. The van der Waals surface area contributed by atoms with Crippen LogP contribution in [-0.2, 0) is 9.59 Å². The van der Waals surface area contributed by atoms with Crippen molar-refractivity contribution in [1.29, 1.82) is 0 Å². The predicted octanol–water partition coefficient (Wildman–Crippen LogP) is 4.35. The predicted molar refractivity (Wildman–Crippen MR) is 88.3 cm³/mol. The molecule has 114 valence electrons. The summed E-state index contributed by atoms with van der Waals surface area (Å²) in [6.45, 7) is 1.98. The Morgan fingerprint density at radius 2 is 1.57 bits per heavy atom. The van der Waals surface area contributed by atoms with E-state index in [4.69, 9.17) is 5.11 Å². The van der Waals surface area contributed by atoms with E-state index in [9.17, 15) is 9.59 Å². The molecule has 0 radical (unpaired) electrons. The highest BCUT2D eigenvalue weighted by Gasteiger charge is 2.30. The molecule has 0 atom stereocenters. The second-order valence-corrected chi connectivity index (χ2v) is 7.19. The molecule has 0 bridgehead atoms. The van der Waals surface area contributed by atoms with Gasteiger partial charge >= 0.3 is 5.97 Å². The number of amides is 1. The summed E-state index contributed by atoms with van der Waals surface area (Å²) in [4.78, 5) is 23.3. The number of benzene rings is 1. The number of rotatable bonds is 3. The Morgan fingerprint density at radius 1 is 1.10 bits per heavy atom. The van der Waals surface area contributed by atoms with Crippen LogP contribution in [0.4, 0.5) is 5.69 Å². The molecule has 1 aromatic carbocycles. The molecule has 2 N–H and O–H groups in total. The van der Waals surface area contributed by atoms with Crippen LogP contribution < -0.4 is 5.32 Å². The van der Waals surface area contributed by atoms with Crippen molar-refractivity contribution in [1.82, 2.24) is 0 Å². The van der Waals surface area contributed by atoms with Gasteiger partial charge in [-0.1, -0.05) is 0 Å². The SMILES string of the molecule is Cc1cc(Br)c(NC(=O)C2CCC(C(=O)O)CC2)c(Br)c1. The maximum atomic E-state index is 12.3. The topological polar surface area (TPSA) is 66.4 Å². The van der Waals surface area contributed by atoms with Gasteiger partial charge in [0.05, 0.1) is 11.6 Å². The van der Waals surface area contributed by atoms with Crippen molar-refractivity contribution in [2.75, 3.05) is 5.32 Å². The Bertz CT molecular complexity index is 543. The second-order valence-electron chi connectivity index (χ2n) is 5.48. The van der Waals surface area contributed by atoms with E-state index in [0.717, 1.165) is 20.2 Å². The van der Waals surface area contributed by atoms with Gasteiger partial charge in [0.25, 0.3) is 0 Å². The van der Waals surface area contributed by atoms with Crippen LogP contribution in [0.1, 0.15) is 31.2 Å². The summed E-state index contributed by atoms with van der Waals surface area (Å²) < 4.78 is 1.67. The quantitative estimate of drug-likeness (QED) is 0.766. The zero-order chi connectivity index (χ0) is 15.6. The molecule has 0 saturated heterocycles. The zero-order valence-corrected chi connectivity index (χ0v) is 14.8. The number of anilines is 1. The van der Waals surface area contributed by atoms with Crippen LogP contribution in [0.5, 0.6) is 0 Å². The number of carbonyl (C=O) groups excluding carboxylic acids is 1.